The van der Waals surface area contributed by atoms with E-state index in [1.165, 1.54) is 11.3 Å². The number of nitrogens with one attached hydrogen (secondary N) is 1. The number of hydrogen-bond acceptors (Lipinski definition) is 5. The molecule has 0 fully saturated rings. The number of primary amides is 1. The summed E-state index contributed by atoms with van der Waals surface area (Å²) in [6.45, 7) is 6.78. The van der Waals surface area contributed by atoms with Crippen LogP contribution in [0.1, 0.15) is 29.1 Å². The van der Waals surface area contributed by atoms with Crippen LogP contribution < -0.4 is 16.0 Å². The molecule has 3 N–H and O–H groups in total. The first kappa shape index (κ1) is 15.3. The molecule has 21 heavy (non-hydrogen) atoms. The number of amides is 1. The van der Waals surface area contributed by atoms with Crippen LogP contribution in [-0.4, -0.2) is 24.0 Å². The van der Waals surface area contributed by atoms with Crippen molar-refractivity contribution in [2.75, 3.05) is 23.3 Å². The van der Waals surface area contributed by atoms with E-state index in [4.69, 9.17) is 5.73 Å². The summed E-state index contributed by atoms with van der Waals surface area (Å²) in [4.78, 5) is 18.8. The van der Waals surface area contributed by atoms with Crippen LogP contribution in [0.5, 0.6) is 0 Å². The molecule has 0 aromatic carbocycles. The van der Waals surface area contributed by atoms with E-state index in [0.717, 1.165) is 29.5 Å². The second-order valence-corrected chi connectivity index (χ2v) is 5.59. The number of hydrogen-bond donors (Lipinski definition) is 2. The van der Waals surface area contributed by atoms with Crippen LogP contribution in [0.4, 0.5) is 11.5 Å². The average molecular weight is 304 g/mol. The fourth-order valence-corrected chi connectivity index (χ4v) is 2.83. The Morgan fingerprint density at radius 1 is 1.38 bits per heavy atom. The van der Waals surface area contributed by atoms with Gasteiger partial charge in [-0.3, -0.25) is 4.79 Å². The third kappa shape index (κ3) is 3.95. The fourth-order valence-electron chi connectivity index (χ4n) is 2.02. The second kappa shape index (κ2) is 7.08. The lowest BCUT2D eigenvalue weighted by Crippen LogP contribution is -2.22. The molecular weight excluding hydrogens is 284 g/mol. The maximum atomic E-state index is 11.0. The first-order chi connectivity index (χ1) is 10.1. The Morgan fingerprint density at radius 3 is 2.67 bits per heavy atom. The molecule has 5 nitrogen and oxygen atoms in total. The largest absolute Gasteiger partial charge is 0.379 e. The molecule has 2 rings (SSSR count). The molecule has 0 spiro atoms. The topological polar surface area (TPSA) is 71.2 Å². The van der Waals surface area contributed by atoms with Crippen molar-refractivity contribution in [3.63, 3.8) is 0 Å². The predicted octanol–water partition coefficient (Wildman–Crippen LogP) is 2.70. The molecule has 0 bridgehead atoms. The summed E-state index contributed by atoms with van der Waals surface area (Å²) < 4.78 is 0. The molecular formula is C15H20N4OS. The lowest BCUT2D eigenvalue weighted by molar-refractivity contribution is 0.100. The number of carbonyl (C=O) groups excluding carboxylic acids is 1. The summed E-state index contributed by atoms with van der Waals surface area (Å²) in [5.74, 6) is 0.598. The van der Waals surface area contributed by atoms with E-state index >= 15 is 0 Å². The van der Waals surface area contributed by atoms with E-state index in [0.29, 0.717) is 12.1 Å². The van der Waals surface area contributed by atoms with Crippen LogP contribution in [0.3, 0.4) is 0 Å². The smallest absolute Gasteiger partial charge is 0.249 e. The number of aromatic nitrogens is 1. The molecule has 2 heterocycles. The molecule has 0 aliphatic heterocycles. The van der Waals surface area contributed by atoms with Gasteiger partial charge < -0.3 is 16.0 Å². The summed E-state index contributed by atoms with van der Waals surface area (Å²) in [7, 11) is 0. The number of pyridine rings is 1. The first-order valence-electron chi connectivity index (χ1n) is 6.96. The third-order valence-corrected chi connectivity index (χ3v) is 4.18. The molecule has 0 saturated carbocycles. The van der Waals surface area contributed by atoms with Crippen molar-refractivity contribution in [3.8, 4) is 0 Å². The highest BCUT2D eigenvalue weighted by Crippen LogP contribution is 2.18. The van der Waals surface area contributed by atoms with E-state index in [2.05, 4.69) is 29.0 Å². The molecule has 0 radical (unpaired) electrons. The van der Waals surface area contributed by atoms with Crippen LogP contribution >= 0.6 is 11.3 Å². The summed E-state index contributed by atoms with van der Waals surface area (Å²) in [6, 6.07) is 5.85. The Bertz CT molecular complexity index is 590. The van der Waals surface area contributed by atoms with Gasteiger partial charge in [0.05, 0.1) is 17.4 Å². The van der Waals surface area contributed by atoms with Crippen molar-refractivity contribution in [2.45, 2.75) is 20.4 Å². The molecule has 0 atom stereocenters. The van der Waals surface area contributed by atoms with Crippen LogP contribution in [0.15, 0.2) is 29.8 Å². The van der Waals surface area contributed by atoms with Crippen LogP contribution in [0.2, 0.25) is 0 Å². The summed E-state index contributed by atoms with van der Waals surface area (Å²) in [6.07, 6.45) is 1.83. The Balaban J connectivity index is 1.95. The van der Waals surface area contributed by atoms with Gasteiger partial charge in [0.2, 0.25) is 5.91 Å². The molecule has 0 saturated heterocycles. The number of thiophene rings is 1. The Hall–Kier alpha value is -2.08. The first-order valence-corrected chi connectivity index (χ1v) is 7.84. The van der Waals surface area contributed by atoms with E-state index in [1.54, 1.807) is 5.38 Å². The number of nitrogens with zero attached hydrogens (tertiary/aromatic N) is 2. The van der Waals surface area contributed by atoms with Crippen molar-refractivity contribution in [2.24, 2.45) is 5.73 Å². The Kier molecular flexibility index (Phi) is 5.16. The Morgan fingerprint density at radius 2 is 2.14 bits per heavy atom. The van der Waals surface area contributed by atoms with Crippen molar-refractivity contribution in [3.05, 3.63) is 40.2 Å². The van der Waals surface area contributed by atoms with Crippen molar-refractivity contribution < 1.29 is 4.79 Å². The summed E-state index contributed by atoms with van der Waals surface area (Å²) >= 11 is 1.52. The average Bonchev–Trinajstić information content (AvgIpc) is 2.97. The molecule has 112 valence electrons. The lowest BCUT2D eigenvalue weighted by atomic mass is 10.3. The van der Waals surface area contributed by atoms with Gasteiger partial charge in [-0.15, -0.1) is 11.3 Å². The Labute approximate surface area is 128 Å². The monoisotopic (exact) mass is 304 g/mol. The minimum atomic E-state index is -0.386. The van der Waals surface area contributed by atoms with E-state index < -0.39 is 0 Å². The highest BCUT2D eigenvalue weighted by Gasteiger charge is 2.05. The van der Waals surface area contributed by atoms with Crippen LogP contribution in [0, 0.1) is 0 Å². The van der Waals surface area contributed by atoms with Gasteiger partial charge in [-0.1, -0.05) is 0 Å². The molecule has 1 amide bonds. The lowest BCUT2D eigenvalue weighted by Gasteiger charge is -2.19. The van der Waals surface area contributed by atoms with Crippen molar-refractivity contribution in [1.82, 2.24) is 4.98 Å². The predicted molar refractivity (Wildman–Crippen MR) is 88.0 cm³/mol. The summed E-state index contributed by atoms with van der Waals surface area (Å²) in [5.41, 5.74) is 6.76. The standard InChI is InChI=1S/C15H20N4OS/c1-3-19(4-2)14-6-5-12(8-18-14)17-9-13-7-11(10-21-13)15(16)20/h5-8,10,17H,3-4,9H2,1-2H3,(H2,16,20). The molecule has 0 aliphatic rings. The normalized spacial score (nSPS) is 10.4. The van der Waals surface area contributed by atoms with Gasteiger partial charge in [0.15, 0.2) is 0 Å². The summed E-state index contributed by atoms with van der Waals surface area (Å²) in [5, 5.41) is 5.07. The minimum Gasteiger partial charge on any atom is -0.379 e. The quantitative estimate of drug-likeness (QED) is 0.825. The molecule has 0 aliphatic carbocycles. The molecule has 0 unspecified atom stereocenters. The van der Waals surface area contributed by atoms with Crippen LogP contribution in [-0.2, 0) is 6.54 Å². The highest BCUT2D eigenvalue weighted by atomic mass is 32.1. The van der Waals surface area contributed by atoms with Gasteiger partial charge >= 0.3 is 0 Å². The van der Waals surface area contributed by atoms with Gasteiger partial charge in [0, 0.05) is 29.9 Å². The number of nitrogens with two attached hydrogens (primary N) is 1. The number of anilines is 2. The van der Waals surface area contributed by atoms with Gasteiger partial charge in [0.1, 0.15) is 5.82 Å². The fraction of sp³-hybridized carbons (Fsp3) is 0.333. The zero-order valence-corrected chi connectivity index (χ0v) is 13.1. The van der Waals surface area contributed by atoms with E-state index in [9.17, 15) is 4.79 Å². The molecule has 2 aromatic rings. The minimum absolute atomic E-state index is 0.386. The molecule has 6 heteroatoms. The zero-order valence-electron chi connectivity index (χ0n) is 12.3. The maximum Gasteiger partial charge on any atom is 0.249 e. The van der Waals surface area contributed by atoms with E-state index in [1.807, 2.05) is 24.4 Å². The number of carbonyl (C=O) groups is 1. The zero-order chi connectivity index (χ0) is 15.2. The van der Waals surface area contributed by atoms with Crippen LogP contribution in [0.25, 0.3) is 0 Å². The van der Waals surface area contributed by atoms with Gasteiger partial charge in [-0.25, -0.2) is 4.98 Å². The van der Waals surface area contributed by atoms with Gasteiger partial charge in [0.25, 0.3) is 0 Å². The van der Waals surface area contributed by atoms with Crippen molar-refractivity contribution >= 4 is 28.7 Å². The van der Waals surface area contributed by atoms with Crippen molar-refractivity contribution in [1.29, 1.82) is 0 Å². The number of rotatable bonds is 7. The van der Waals surface area contributed by atoms with Gasteiger partial charge in [-0.05, 0) is 32.0 Å². The van der Waals surface area contributed by atoms with Gasteiger partial charge in [-0.2, -0.15) is 0 Å². The van der Waals surface area contributed by atoms with E-state index in [-0.39, 0.29) is 5.91 Å². The highest BCUT2D eigenvalue weighted by molar-refractivity contribution is 7.10. The SMILES string of the molecule is CCN(CC)c1ccc(NCc2cc(C(N)=O)cs2)cn1. The maximum absolute atomic E-state index is 11.0. The second-order valence-electron chi connectivity index (χ2n) is 4.60. The molecule has 2 aromatic heterocycles. The third-order valence-electron chi connectivity index (χ3n) is 3.24.